The number of hydrogen-bond donors (Lipinski definition) is 1. The van der Waals surface area contributed by atoms with E-state index in [0.717, 1.165) is 32.8 Å². The van der Waals surface area contributed by atoms with E-state index >= 15 is 0 Å². The molecule has 1 heterocycles. The van der Waals surface area contributed by atoms with Crippen LogP contribution >= 0.6 is 0 Å². The number of carbonyl (C=O) groups is 2. The van der Waals surface area contributed by atoms with Gasteiger partial charge >= 0.3 is 0 Å². The van der Waals surface area contributed by atoms with E-state index in [1.54, 1.807) is 37.1 Å². The van der Waals surface area contributed by atoms with E-state index in [0.29, 0.717) is 36.7 Å². The summed E-state index contributed by atoms with van der Waals surface area (Å²) in [6.45, 7) is 7.12. The van der Waals surface area contributed by atoms with Crippen molar-refractivity contribution >= 4 is 11.8 Å². The maximum atomic E-state index is 12.3. The molecule has 2 amide bonds. The predicted molar refractivity (Wildman–Crippen MR) is 101 cm³/mol. The first kappa shape index (κ1) is 21.0. The summed E-state index contributed by atoms with van der Waals surface area (Å²) in [4.78, 5) is 28.2. The number of hydrogen-bond acceptors (Lipinski definition) is 6. The van der Waals surface area contributed by atoms with Crippen LogP contribution in [0.1, 0.15) is 17.3 Å². The first-order valence-electron chi connectivity index (χ1n) is 9.11. The Balaban J connectivity index is 1.81. The maximum absolute atomic E-state index is 12.3. The molecule has 1 aromatic rings. The monoisotopic (exact) mass is 379 g/mol. The van der Waals surface area contributed by atoms with Gasteiger partial charge in [-0.15, -0.1) is 0 Å². The Labute approximate surface area is 160 Å². The van der Waals surface area contributed by atoms with Gasteiger partial charge in [-0.1, -0.05) is 0 Å². The average molecular weight is 379 g/mol. The molecule has 1 saturated heterocycles. The van der Waals surface area contributed by atoms with Gasteiger partial charge in [0.25, 0.3) is 5.91 Å². The van der Waals surface area contributed by atoms with Crippen molar-refractivity contribution in [2.24, 2.45) is 0 Å². The lowest BCUT2D eigenvalue weighted by Crippen LogP contribution is -2.44. The van der Waals surface area contributed by atoms with Crippen molar-refractivity contribution < 1.29 is 23.8 Å². The van der Waals surface area contributed by atoms with E-state index < -0.39 is 0 Å². The Kier molecular flexibility index (Phi) is 8.35. The van der Waals surface area contributed by atoms with E-state index in [9.17, 15) is 9.59 Å². The molecule has 0 bridgehead atoms. The van der Waals surface area contributed by atoms with Crippen LogP contribution in [0.15, 0.2) is 18.2 Å². The standard InChI is InChI=1S/C19H29N3O5/c1-15(23)22(9-8-21-10-12-27-13-11-21)7-6-20-19(24)16-4-5-17(25-2)18(14-16)26-3/h4-5,14H,6-13H2,1-3H3,(H,20,24). The van der Waals surface area contributed by atoms with Gasteiger partial charge in [-0.2, -0.15) is 0 Å². The molecule has 1 fully saturated rings. The number of benzene rings is 1. The molecular formula is C19H29N3O5. The van der Waals surface area contributed by atoms with Gasteiger partial charge in [0.1, 0.15) is 0 Å². The second-order valence-corrected chi connectivity index (χ2v) is 6.29. The van der Waals surface area contributed by atoms with Crippen molar-refractivity contribution in [2.75, 3.05) is 66.7 Å². The van der Waals surface area contributed by atoms with Gasteiger partial charge in [0.05, 0.1) is 27.4 Å². The van der Waals surface area contributed by atoms with E-state index in [-0.39, 0.29) is 11.8 Å². The van der Waals surface area contributed by atoms with E-state index in [2.05, 4.69) is 10.2 Å². The van der Waals surface area contributed by atoms with Crippen molar-refractivity contribution in [3.8, 4) is 11.5 Å². The van der Waals surface area contributed by atoms with Gasteiger partial charge in [0.15, 0.2) is 11.5 Å². The normalized spacial score (nSPS) is 14.5. The number of morpholine rings is 1. The van der Waals surface area contributed by atoms with Crippen LogP contribution in [-0.4, -0.2) is 88.3 Å². The fraction of sp³-hybridized carbons (Fsp3) is 0.579. The van der Waals surface area contributed by atoms with Crippen molar-refractivity contribution in [3.05, 3.63) is 23.8 Å². The van der Waals surface area contributed by atoms with Crippen LogP contribution in [0, 0.1) is 0 Å². The lowest BCUT2D eigenvalue weighted by molar-refractivity contribution is -0.129. The summed E-state index contributed by atoms with van der Waals surface area (Å²) in [5.41, 5.74) is 0.482. The summed E-state index contributed by atoms with van der Waals surface area (Å²) < 4.78 is 15.7. The summed E-state index contributed by atoms with van der Waals surface area (Å²) in [5.74, 6) is 0.859. The number of carbonyl (C=O) groups excluding carboxylic acids is 2. The van der Waals surface area contributed by atoms with Gasteiger partial charge in [-0.25, -0.2) is 0 Å². The first-order valence-corrected chi connectivity index (χ1v) is 9.11. The zero-order valence-electron chi connectivity index (χ0n) is 16.3. The Hall–Kier alpha value is -2.32. The van der Waals surface area contributed by atoms with Crippen LogP contribution in [0.25, 0.3) is 0 Å². The van der Waals surface area contributed by atoms with Crippen LogP contribution in [0.4, 0.5) is 0 Å². The molecule has 1 aliphatic rings. The van der Waals surface area contributed by atoms with Crippen molar-refractivity contribution in [2.45, 2.75) is 6.92 Å². The molecule has 2 rings (SSSR count). The minimum Gasteiger partial charge on any atom is -0.493 e. The van der Waals surface area contributed by atoms with Crippen molar-refractivity contribution in [1.82, 2.24) is 15.1 Å². The number of methoxy groups -OCH3 is 2. The molecule has 0 unspecified atom stereocenters. The fourth-order valence-electron chi connectivity index (χ4n) is 2.90. The first-order chi connectivity index (χ1) is 13.0. The minimum absolute atomic E-state index is 0.00336. The third-order valence-corrected chi connectivity index (χ3v) is 4.55. The van der Waals surface area contributed by atoms with Crippen LogP contribution in [0.3, 0.4) is 0 Å². The number of ether oxygens (including phenoxy) is 3. The highest BCUT2D eigenvalue weighted by atomic mass is 16.5. The zero-order valence-corrected chi connectivity index (χ0v) is 16.3. The molecule has 0 spiro atoms. The number of nitrogens with zero attached hydrogens (tertiary/aromatic N) is 2. The summed E-state index contributed by atoms with van der Waals surface area (Å²) in [6.07, 6.45) is 0. The third-order valence-electron chi connectivity index (χ3n) is 4.55. The Morgan fingerprint density at radius 3 is 2.48 bits per heavy atom. The van der Waals surface area contributed by atoms with Crippen LogP contribution in [0.5, 0.6) is 11.5 Å². The maximum Gasteiger partial charge on any atom is 0.251 e. The largest absolute Gasteiger partial charge is 0.493 e. The highest BCUT2D eigenvalue weighted by Gasteiger charge is 2.15. The number of amides is 2. The molecule has 0 aromatic heterocycles. The molecule has 1 aromatic carbocycles. The number of nitrogens with one attached hydrogen (secondary N) is 1. The van der Waals surface area contributed by atoms with E-state index in [1.165, 1.54) is 7.11 Å². The molecule has 8 heteroatoms. The summed E-state index contributed by atoms with van der Waals surface area (Å²) in [5, 5.41) is 2.85. The molecule has 8 nitrogen and oxygen atoms in total. The molecule has 150 valence electrons. The minimum atomic E-state index is -0.215. The summed E-state index contributed by atoms with van der Waals surface area (Å²) in [7, 11) is 3.07. The van der Waals surface area contributed by atoms with Crippen molar-refractivity contribution in [3.63, 3.8) is 0 Å². The van der Waals surface area contributed by atoms with Gasteiger partial charge in [-0.3, -0.25) is 14.5 Å². The van der Waals surface area contributed by atoms with E-state index in [1.807, 2.05) is 0 Å². The predicted octanol–water partition coefficient (Wildman–Crippen LogP) is 0.614. The smallest absolute Gasteiger partial charge is 0.251 e. The summed E-state index contributed by atoms with van der Waals surface area (Å²) in [6, 6.07) is 5.01. The lowest BCUT2D eigenvalue weighted by atomic mass is 10.2. The van der Waals surface area contributed by atoms with Crippen LogP contribution < -0.4 is 14.8 Å². The third kappa shape index (κ3) is 6.41. The Morgan fingerprint density at radius 1 is 1.15 bits per heavy atom. The average Bonchev–Trinajstić information content (AvgIpc) is 2.70. The number of rotatable bonds is 9. The summed E-state index contributed by atoms with van der Waals surface area (Å²) >= 11 is 0. The van der Waals surface area contributed by atoms with Crippen LogP contribution in [-0.2, 0) is 9.53 Å². The second-order valence-electron chi connectivity index (χ2n) is 6.29. The molecule has 27 heavy (non-hydrogen) atoms. The Bertz CT molecular complexity index is 632. The molecular weight excluding hydrogens is 350 g/mol. The molecule has 1 N–H and O–H groups in total. The van der Waals surface area contributed by atoms with Gasteiger partial charge in [0, 0.05) is 51.8 Å². The quantitative estimate of drug-likeness (QED) is 0.677. The molecule has 0 radical (unpaired) electrons. The molecule has 0 saturated carbocycles. The molecule has 0 atom stereocenters. The van der Waals surface area contributed by atoms with Gasteiger partial charge in [-0.05, 0) is 18.2 Å². The van der Waals surface area contributed by atoms with Crippen LogP contribution in [0.2, 0.25) is 0 Å². The van der Waals surface area contributed by atoms with E-state index in [4.69, 9.17) is 14.2 Å². The second kappa shape index (κ2) is 10.7. The highest BCUT2D eigenvalue weighted by molar-refractivity contribution is 5.94. The fourth-order valence-corrected chi connectivity index (χ4v) is 2.90. The molecule has 0 aliphatic carbocycles. The lowest BCUT2D eigenvalue weighted by Gasteiger charge is -2.29. The Morgan fingerprint density at radius 2 is 1.85 bits per heavy atom. The SMILES string of the molecule is COc1ccc(C(=O)NCCN(CCN2CCOCC2)C(C)=O)cc1OC. The van der Waals surface area contributed by atoms with Crippen molar-refractivity contribution in [1.29, 1.82) is 0 Å². The van der Waals surface area contributed by atoms with Gasteiger partial charge < -0.3 is 24.4 Å². The van der Waals surface area contributed by atoms with Gasteiger partial charge in [0.2, 0.25) is 5.91 Å². The molecule has 1 aliphatic heterocycles. The highest BCUT2D eigenvalue weighted by Crippen LogP contribution is 2.27. The topological polar surface area (TPSA) is 80.3 Å². The zero-order chi connectivity index (χ0) is 19.6.